The fourth-order valence-electron chi connectivity index (χ4n) is 4.95. The molecule has 14 heteroatoms. The maximum Gasteiger partial charge on any atom is 0.416 e. The predicted octanol–water partition coefficient (Wildman–Crippen LogP) is 4.92. The Morgan fingerprint density at radius 3 is 2.22 bits per heavy atom. The molecule has 1 atom stereocenters. The highest BCUT2D eigenvalue weighted by Crippen LogP contribution is 2.35. The molecule has 0 radical (unpaired) electrons. The molecule has 1 saturated heterocycles. The third-order valence-electron chi connectivity index (χ3n) is 7.36. The van der Waals surface area contributed by atoms with Gasteiger partial charge in [0.15, 0.2) is 11.2 Å². The van der Waals surface area contributed by atoms with E-state index in [4.69, 9.17) is 18.9 Å². The van der Waals surface area contributed by atoms with Crippen molar-refractivity contribution in [3.8, 4) is 5.75 Å². The average Bonchev–Trinajstić information content (AvgIpc) is 3.51. The highest BCUT2D eigenvalue weighted by Gasteiger charge is 2.51. The van der Waals surface area contributed by atoms with Crippen LogP contribution in [0.25, 0.3) is 10.9 Å². The number of esters is 2. The Labute approximate surface area is 263 Å². The second-order valence-electron chi connectivity index (χ2n) is 11.7. The quantitative estimate of drug-likeness (QED) is 0.143. The molecule has 46 heavy (non-hydrogen) atoms. The number of halogens is 3. The molecular formula is C32H36F3N3O8. The molecule has 1 fully saturated rings. The number of hydrogen-bond acceptors (Lipinski definition) is 10. The van der Waals surface area contributed by atoms with Gasteiger partial charge >= 0.3 is 18.1 Å². The number of rotatable bonds is 13. The Balaban J connectivity index is 1.65. The van der Waals surface area contributed by atoms with E-state index in [1.807, 2.05) is 0 Å². The highest BCUT2D eigenvalue weighted by molar-refractivity contribution is 6.07. The van der Waals surface area contributed by atoms with Gasteiger partial charge < -0.3 is 18.9 Å². The molecule has 1 aromatic heterocycles. The van der Waals surface area contributed by atoms with Crippen LogP contribution in [0.15, 0.2) is 47.3 Å². The number of Topliss-reactive ketones (excluding diaryl/α,β-unsaturated/α-hetero) is 1. The zero-order valence-corrected chi connectivity index (χ0v) is 26.0. The number of carbonyl (C=O) groups excluding carboxylic acids is 3. The third kappa shape index (κ3) is 8.27. The Kier molecular flexibility index (Phi) is 10.8. The van der Waals surface area contributed by atoms with E-state index in [2.05, 4.69) is 10.3 Å². The van der Waals surface area contributed by atoms with E-state index in [-0.39, 0.29) is 22.6 Å². The van der Waals surface area contributed by atoms with Gasteiger partial charge in [-0.3, -0.25) is 19.2 Å². The first-order valence-electron chi connectivity index (χ1n) is 14.9. The lowest BCUT2D eigenvalue weighted by Crippen LogP contribution is -2.46. The van der Waals surface area contributed by atoms with Gasteiger partial charge in [-0.1, -0.05) is 5.21 Å². The van der Waals surface area contributed by atoms with Crippen molar-refractivity contribution in [3.63, 3.8) is 0 Å². The van der Waals surface area contributed by atoms with Gasteiger partial charge in [-0.05, 0) is 89.4 Å². The molecule has 0 bridgehead atoms. The maximum atomic E-state index is 13.6. The number of ether oxygens (including phenoxy) is 4. The van der Waals surface area contributed by atoms with E-state index < -0.39 is 72.0 Å². The molecular weight excluding hydrogens is 611 g/mol. The van der Waals surface area contributed by atoms with Crippen LogP contribution >= 0.6 is 0 Å². The van der Waals surface area contributed by atoms with Crippen molar-refractivity contribution < 1.29 is 46.5 Å². The molecule has 1 unspecified atom stereocenters. The summed E-state index contributed by atoms with van der Waals surface area (Å²) in [5, 5.41) is 7.27. The second kappa shape index (κ2) is 14.4. The lowest BCUT2D eigenvalue weighted by atomic mass is 9.78. The van der Waals surface area contributed by atoms with Crippen LogP contribution in [0.3, 0.4) is 0 Å². The topological polar surface area (TPSA) is 136 Å². The van der Waals surface area contributed by atoms with Gasteiger partial charge in [-0.2, -0.15) is 13.2 Å². The van der Waals surface area contributed by atoms with Crippen LogP contribution in [0.1, 0.15) is 69.3 Å². The summed E-state index contributed by atoms with van der Waals surface area (Å²) in [4.78, 5) is 54.1. The number of nitrogens with zero attached hydrogens (tertiary/aromatic N) is 3. The Morgan fingerprint density at radius 2 is 1.65 bits per heavy atom. The SMILES string of the molecule is CC(C)OC(=O)C(CCn1nnc2ccc(C(F)(F)F)cc2c1=O)(CC(=O)c1ccc(OCC2CCCO2)cc1)C(=O)OC(C)C. The molecule has 0 aliphatic carbocycles. The van der Waals surface area contributed by atoms with Crippen molar-refractivity contribution in [1.82, 2.24) is 15.0 Å². The molecule has 1 aliphatic heterocycles. The third-order valence-corrected chi connectivity index (χ3v) is 7.36. The number of aryl methyl sites for hydroxylation is 1. The molecule has 4 rings (SSSR count). The molecule has 11 nitrogen and oxygen atoms in total. The smallest absolute Gasteiger partial charge is 0.416 e. The molecule has 248 valence electrons. The van der Waals surface area contributed by atoms with Crippen molar-refractivity contribution in [1.29, 1.82) is 0 Å². The van der Waals surface area contributed by atoms with Crippen LogP contribution in [-0.2, 0) is 36.5 Å². The largest absolute Gasteiger partial charge is 0.491 e. The van der Waals surface area contributed by atoms with Gasteiger partial charge in [-0.25, -0.2) is 4.68 Å². The zero-order valence-electron chi connectivity index (χ0n) is 26.0. The summed E-state index contributed by atoms with van der Waals surface area (Å²) in [5.41, 5.74) is -4.11. The molecule has 2 aromatic carbocycles. The van der Waals surface area contributed by atoms with Crippen LogP contribution in [0.4, 0.5) is 13.2 Å². The standard InChI is InChI=1S/C32H36F3N3O8/c1-19(2)45-29(41)31(30(42)46-20(3)4,17-27(39)21-7-10-23(11-8-21)44-18-24-6-5-15-43-24)13-14-38-28(40)25-16-22(32(33,34)35)9-12-26(25)36-37-38/h7-12,16,19-20,24H,5-6,13-15,17-18H2,1-4H3. The lowest BCUT2D eigenvalue weighted by molar-refractivity contribution is -0.178. The van der Waals surface area contributed by atoms with E-state index >= 15 is 0 Å². The maximum absolute atomic E-state index is 13.6. The fraction of sp³-hybridized carbons (Fsp3) is 0.500. The van der Waals surface area contributed by atoms with Gasteiger partial charge in [0.05, 0.1) is 29.3 Å². The molecule has 1 aliphatic rings. The van der Waals surface area contributed by atoms with E-state index in [9.17, 15) is 32.3 Å². The predicted molar refractivity (Wildman–Crippen MR) is 158 cm³/mol. The van der Waals surface area contributed by atoms with Crippen molar-refractivity contribution in [2.75, 3.05) is 13.2 Å². The van der Waals surface area contributed by atoms with Gasteiger partial charge in [0.25, 0.3) is 5.56 Å². The Bertz CT molecular complexity index is 1590. The number of alkyl halides is 3. The number of fused-ring (bicyclic) bond motifs is 1. The second-order valence-corrected chi connectivity index (χ2v) is 11.7. The lowest BCUT2D eigenvalue weighted by Gasteiger charge is -2.30. The summed E-state index contributed by atoms with van der Waals surface area (Å²) in [6.07, 6.45) is -5.42. The Hall–Kier alpha value is -4.33. The summed E-state index contributed by atoms with van der Waals surface area (Å²) in [6.45, 7) is 6.81. The first-order chi connectivity index (χ1) is 21.7. The van der Waals surface area contributed by atoms with Gasteiger partial charge in [0.1, 0.15) is 17.9 Å². The van der Waals surface area contributed by atoms with Crippen molar-refractivity contribution >= 4 is 28.6 Å². The molecule has 2 heterocycles. The fourth-order valence-corrected chi connectivity index (χ4v) is 4.95. The number of carbonyl (C=O) groups is 3. The first-order valence-corrected chi connectivity index (χ1v) is 14.9. The van der Waals surface area contributed by atoms with Crippen LogP contribution in [0.2, 0.25) is 0 Å². The normalized spacial score (nSPS) is 15.4. The minimum Gasteiger partial charge on any atom is -0.491 e. The molecule has 0 saturated carbocycles. The van der Waals surface area contributed by atoms with Crippen LogP contribution in [-0.4, -0.2) is 64.2 Å². The van der Waals surface area contributed by atoms with Crippen LogP contribution in [0, 0.1) is 5.41 Å². The summed E-state index contributed by atoms with van der Waals surface area (Å²) in [7, 11) is 0. The summed E-state index contributed by atoms with van der Waals surface area (Å²) in [5.74, 6) is -2.21. The summed E-state index contributed by atoms with van der Waals surface area (Å²) in [6, 6.07) is 8.63. The molecule has 0 N–H and O–H groups in total. The van der Waals surface area contributed by atoms with E-state index in [0.29, 0.717) is 25.0 Å². The van der Waals surface area contributed by atoms with Crippen molar-refractivity contribution in [2.45, 2.75) is 84.4 Å². The molecule has 3 aromatic rings. The van der Waals surface area contributed by atoms with Crippen LogP contribution < -0.4 is 10.3 Å². The molecule has 0 amide bonds. The molecule has 0 spiro atoms. The monoisotopic (exact) mass is 647 g/mol. The summed E-state index contributed by atoms with van der Waals surface area (Å²) >= 11 is 0. The number of hydrogen-bond donors (Lipinski definition) is 0. The minimum atomic E-state index is -4.71. The van der Waals surface area contributed by atoms with E-state index in [1.54, 1.807) is 39.8 Å². The highest BCUT2D eigenvalue weighted by atomic mass is 19.4. The van der Waals surface area contributed by atoms with E-state index in [1.165, 1.54) is 12.1 Å². The number of ketones is 1. The number of aromatic nitrogens is 3. The minimum absolute atomic E-state index is 0.00708. The van der Waals surface area contributed by atoms with Crippen LogP contribution in [0.5, 0.6) is 5.75 Å². The average molecular weight is 648 g/mol. The van der Waals surface area contributed by atoms with Gasteiger partial charge in [0, 0.05) is 25.1 Å². The van der Waals surface area contributed by atoms with Gasteiger partial charge in [0.2, 0.25) is 0 Å². The van der Waals surface area contributed by atoms with Crippen molar-refractivity contribution in [2.24, 2.45) is 5.41 Å². The summed E-state index contributed by atoms with van der Waals surface area (Å²) < 4.78 is 62.9. The number of benzene rings is 2. The van der Waals surface area contributed by atoms with E-state index in [0.717, 1.165) is 29.7 Å². The zero-order chi connectivity index (χ0) is 33.6. The first kappa shape index (κ1) is 34.5. The van der Waals surface area contributed by atoms with Crippen molar-refractivity contribution in [3.05, 3.63) is 63.9 Å². The van der Waals surface area contributed by atoms with Gasteiger partial charge in [-0.15, -0.1) is 5.10 Å². The Morgan fingerprint density at radius 1 is 1.00 bits per heavy atom.